The smallest absolute Gasteiger partial charge is 0.0700 e. The van der Waals surface area contributed by atoms with Crippen LogP contribution < -0.4 is 0 Å². The van der Waals surface area contributed by atoms with Crippen LogP contribution in [0.25, 0.3) is 0 Å². The second-order valence-electron chi connectivity index (χ2n) is 4.68. The molecule has 3 heteroatoms. The van der Waals surface area contributed by atoms with Crippen LogP contribution >= 0.6 is 0 Å². The molecule has 0 bridgehead atoms. The lowest BCUT2D eigenvalue weighted by Crippen LogP contribution is -2.28. The lowest BCUT2D eigenvalue weighted by molar-refractivity contribution is 0.0464. The number of aliphatic hydroxyl groups excluding tert-OH is 1. The van der Waals surface area contributed by atoms with Crippen molar-refractivity contribution >= 4 is 0 Å². The molecule has 0 rings (SSSR count). The lowest BCUT2D eigenvalue weighted by Gasteiger charge is -2.31. The fourth-order valence-electron chi connectivity index (χ4n) is 1.37. The van der Waals surface area contributed by atoms with Gasteiger partial charge in [-0.2, -0.15) is 0 Å². The van der Waals surface area contributed by atoms with Crippen molar-refractivity contribution in [1.29, 1.82) is 0 Å². The maximum absolute atomic E-state index is 9.34. The predicted molar refractivity (Wildman–Crippen MR) is 62.0 cm³/mol. The Kier molecular flexibility index (Phi) is 8.02. The third kappa shape index (κ3) is 6.13. The van der Waals surface area contributed by atoms with Gasteiger partial charge in [0.15, 0.2) is 0 Å². The molecule has 0 saturated heterocycles. The Morgan fingerprint density at radius 3 is 2.33 bits per heavy atom. The Hall–Kier alpha value is -0.120. The van der Waals surface area contributed by atoms with E-state index in [2.05, 4.69) is 20.8 Å². The van der Waals surface area contributed by atoms with Crippen molar-refractivity contribution in [2.75, 3.05) is 33.5 Å². The molecule has 1 unspecified atom stereocenters. The fourth-order valence-corrected chi connectivity index (χ4v) is 1.37. The molecule has 0 aromatic heterocycles. The topological polar surface area (TPSA) is 38.7 Å². The summed E-state index contributed by atoms with van der Waals surface area (Å²) < 4.78 is 10.3. The first kappa shape index (κ1) is 14.9. The van der Waals surface area contributed by atoms with Gasteiger partial charge >= 0.3 is 0 Å². The van der Waals surface area contributed by atoms with E-state index in [1.807, 2.05) is 0 Å². The van der Waals surface area contributed by atoms with Gasteiger partial charge in [0.2, 0.25) is 0 Å². The Bertz CT molecular complexity index is 148. The van der Waals surface area contributed by atoms with E-state index in [0.29, 0.717) is 19.1 Å². The van der Waals surface area contributed by atoms with E-state index in [0.717, 1.165) is 19.4 Å². The molecule has 92 valence electrons. The average Bonchev–Trinajstić information content (AvgIpc) is 2.22. The monoisotopic (exact) mass is 218 g/mol. The van der Waals surface area contributed by atoms with E-state index >= 15 is 0 Å². The van der Waals surface area contributed by atoms with Gasteiger partial charge in [-0.05, 0) is 24.2 Å². The van der Waals surface area contributed by atoms with Crippen LogP contribution in [0.4, 0.5) is 0 Å². The first-order valence-electron chi connectivity index (χ1n) is 5.74. The third-order valence-corrected chi connectivity index (χ3v) is 3.22. The molecular formula is C12H26O3. The highest BCUT2D eigenvalue weighted by Crippen LogP contribution is 2.31. The number of hydrogen-bond acceptors (Lipinski definition) is 3. The van der Waals surface area contributed by atoms with Crippen molar-refractivity contribution in [2.45, 2.75) is 33.6 Å². The Morgan fingerprint density at radius 2 is 1.87 bits per heavy atom. The van der Waals surface area contributed by atoms with Crippen molar-refractivity contribution in [3.05, 3.63) is 0 Å². The molecule has 15 heavy (non-hydrogen) atoms. The summed E-state index contributed by atoms with van der Waals surface area (Å²) in [7, 11) is 1.67. The average molecular weight is 218 g/mol. The second kappa shape index (κ2) is 8.08. The standard InChI is InChI=1S/C12H26O3/c1-11(2)12(3,10-13)6-5-7-15-9-8-14-4/h11,13H,5-10H2,1-4H3. The SMILES string of the molecule is COCCOCCCC(C)(CO)C(C)C. The molecule has 0 aliphatic rings. The van der Waals surface area contributed by atoms with Gasteiger partial charge in [0.1, 0.15) is 0 Å². The summed E-state index contributed by atoms with van der Waals surface area (Å²) in [6.45, 7) is 8.76. The van der Waals surface area contributed by atoms with Gasteiger partial charge in [-0.15, -0.1) is 0 Å². The molecular weight excluding hydrogens is 192 g/mol. The van der Waals surface area contributed by atoms with Gasteiger partial charge in [-0.3, -0.25) is 0 Å². The minimum atomic E-state index is 0.0324. The minimum Gasteiger partial charge on any atom is -0.396 e. The molecule has 1 N–H and O–H groups in total. The number of methoxy groups -OCH3 is 1. The molecule has 0 spiro atoms. The largest absolute Gasteiger partial charge is 0.396 e. The van der Waals surface area contributed by atoms with Crippen molar-refractivity contribution in [2.24, 2.45) is 11.3 Å². The van der Waals surface area contributed by atoms with Crippen LogP contribution in [0, 0.1) is 11.3 Å². The molecule has 0 radical (unpaired) electrons. The first-order valence-corrected chi connectivity index (χ1v) is 5.74. The summed E-state index contributed by atoms with van der Waals surface area (Å²) in [6.07, 6.45) is 2.01. The van der Waals surface area contributed by atoms with Crippen LogP contribution in [-0.4, -0.2) is 38.6 Å². The van der Waals surface area contributed by atoms with Crippen LogP contribution in [0.5, 0.6) is 0 Å². The number of aliphatic hydroxyl groups is 1. The zero-order chi connectivity index (χ0) is 11.7. The highest BCUT2D eigenvalue weighted by atomic mass is 16.5. The quantitative estimate of drug-likeness (QED) is 0.602. The maximum atomic E-state index is 9.34. The van der Waals surface area contributed by atoms with E-state index < -0.39 is 0 Å². The van der Waals surface area contributed by atoms with Crippen LogP contribution in [0.2, 0.25) is 0 Å². The molecule has 0 aromatic rings. The minimum absolute atomic E-state index is 0.0324. The molecule has 0 amide bonds. The second-order valence-corrected chi connectivity index (χ2v) is 4.68. The summed E-state index contributed by atoms with van der Waals surface area (Å²) in [6, 6.07) is 0. The number of hydrogen-bond donors (Lipinski definition) is 1. The van der Waals surface area contributed by atoms with Crippen molar-refractivity contribution in [1.82, 2.24) is 0 Å². The Balaban J connectivity index is 3.55. The molecule has 0 aliphatic heterocycles. The summed E-state index contributed by atoms with van der Waals surface area (Å²) in [5, 5.41) is 9.34. The van der Waals surface area contributed by atoms with E-state index in [9.17, 15) is 5.11 Å². The van der Waals surface area contributed by atoms with Gasteiger partial charge in [-0.1, -0.05) is 20.8 Å². The van der Waals surface area contributed by atoms with Gasteiger partial charge < -0.3 is 14.6 Å². The summed E-state index contributed by atoms with van der Waals surface area (Å²) in [4.78, 5) is 0. The van der Waals surface area contributed by atoms with Crippen molar-refractivity contribution in [3.63, 3.8) is 0 Å². The van der Waals surface area contributed by atoms with E-state index in [-0.39, 0.29) is 12.0 Å². The number of rotatable bonds is 9. The highest BCUT2D eigenvalue weighted by molar-refractivity contribution is 4.76. The molecule has 0 heterocycles. The van der Waals surface area contributed by atoms with Crippen molar-refractivity contribution in [3.8, 4) is 0 Å². The summed E-state index contributed by atoms with van der Waals surface area (Å²) in [5.41, 5.74) is 0.0324. The normalized spacial score (nSPS) is 15.6. The van der Waals surface area contributed by atoms with E-state index in [1.54, 1.807) is 7.11 Å². The van der Waals surface area contributed by atoms with Crippen LogP contribution in [0.1, 0.15) is 33.6 Å². The van der Waals surface area contributed by atoms with E-state index in [4.69, 9.17) is 9.47 Å². The molecule has 3 nitrogen and oxygen atoms in total. The zero-order valence-electron chi connectivity index (χ0n) is 10.6. The van der Waals surface area contributed by atoms with Gasteiger partial charge in [0.05, 0.1) is 13.2 Å². The molecule has 0 aromatic carbocycles. The first-order chi connectivity index (χ1) is 7.06. The fraction of sp³-hybridized carbons (Fsp3) is 1.00. The number of ether oxygens (including phenoxy) is 2. The lowest BCUT2D eigenvalue weighted by atomic mass is 9.76. The van der Waals surface area contributed by atoms with E-state index in [1.165, 1.54) is 0 Å². The van der Waals surface area contributed by atoms with Gasteiger partial charge in [0.25, 0.3) is 0 Å². The predicted octanol–water partition coefficient (Wildman–Crippen LogP) is 2.08. The molecule has 0 aliphatic carbocycles. The molecule has 0 saturated carbocycles. The van der Waals surface area contributed by atoms with Crippen molar-refractivity contribution < 1.29 is 14.6 Å². The van der Waals surface area contributed by atoms with Crippen LogP contribution in [-0.2, 0) is 9.47 Å². The van der Waals surface area contributed by atoms with Crippen LogP contribution in [0.3, 0.4) is 0 Å². The van der Waals surface area contributed by atoms with Gasteiger partial charge in [-0.25, -0.2) is 0 Å². The Morgan fingerprint density at radius 1 is 1.20 bits per heavy atom. The maximum Gasteiger partial charge on any atom is 0.0700 e. The summed E-state index contributed by atoms with van der Waals surface area (Å²) >= 11 is 0. The molecule has 1 atom stereocenters. The highest BCUT2D eigenvalue weighted by Gasteiger charge is 2.26. The third-order valence-electron chi connectivity index (χ3n) is 3.22. The Labute approximate surface area is 93.8 Å². The van der Waals surface area contributed by atoms with Gasteiger partial charge in [0, 0.05) is 20.3 Å². The molecule has 0 fully saturated rings. The summed E-state index contributed by atoms with van der Waals surface area (Å²) in [5.74, 6) is 0.501. The van der Waals surface area contributed by atoms with Crippen LogP contribution in [0.15, 0.2) is 0 Å². The zero-order valence-corrected chi connectivity index (χ0v) is 10.6.